The molecule has 130 valence electrons. The maximum Gasteiger partial charge on any atom is 0.220 e. The van der Waals surface area contributed by atoms with E-state index in [9.17, 15) is 13.6 Å². The summed E-state index contributed by atoms with van der Waals surface area (Å²) in [6.45, 7) is 0.214. The molecule has 1 aliphatic rings. The van der Waals surface area contributed by atoms with Crippen LogP contribution < -0.4 is 15.8 Å². The molecule has 23 heavy (non-hydrogen) atoms. The van der Waals surface area contributed by atoms with Gasteiger partial charge in [0.15, 0.2) is 11.6 Å². The van der Waals surface area contributed by atoms with Crippen LogP contribution in [0.4, 0.5) is 8.78 Å². The lowest BCUT2D eigenvalue weighted by Crippen LogP contribution is -2.40. The van der Waals surface area contributed by atoms with Gasteiger partial charge in [0.2, 0.25) is 5.91 Å². The SMILES string of the molecule is Cl.NC1CCC(NC(=O)CCCOc2ccc(F)cc2F)CC1. The Balaban J connectivity index is 0.00000264. The smallest absolute Gasteiger partial charge is 0.220 e. The van der Waals surface area contributed by atoms with Gasteiger partial charge in [0.05, 0.1) is 6.61 Å². The fourth-order valence-corrected chi connectivity index (χ4v) is 2.57. The van der Waals surface area contributed by atoms with Crippen LogP contribution in [0.15, 0.2) is 18.2 Å². The Morgan fingerprint density at radius 1 is 1.26 bits per heavy atom. The molecule has 3 N–H and O–H groups in total. The van der Waals surface area contributed by atoms with Crippen molar-refractivity contribution in [3.8, 4) is 5.75 Å². The standard InChI is InChI=1S/C16H22F2N2O2.ClH/c17-11-3-8-15(14(18)10-11)22-9-1-2-16(21)20-13-6-4-12(19)5-7-13;/h3,8,10,12-13H,1-2,4-7,9,19H2,(H,20,21);1H. The fraction of sp³-hybridized carbons (Fsp3) is 0.562. The first-order valence-electron chi connectivity index (χ1n) is 7.67. The second kappa shape index (κ2) is 9.67. The zero-order valence-electron chi connectivity index (χ0n) is 12.9. The third-order valence-corrected chi connectivity index (χ3v) is 3.84. The fourth-order valence-electron chi connectivity index (χ4n) is 2.57. The van der Waals surface area contributed by atoms with Crippen LogP contribution in [-0.2, 0) is 4.79 Å². The second-order valence-corrected chi connectivity index (χ2v) is 5.71. The summed E-state index contributed by atoms with van der Waals surface area (Å²) in [5.74, 6) is -1.40. The van der Waals surface area contributed by atoms with E-state index in [0.717, 1.165) is 37.8 Å². The van der Waals surface area contributed by atoms with Crippen LogP contribution in [-0.4, -0.2) is 24.6 Å². The van der Waals surface area contributed by atoms with Crippen LogP contribution in [0.2, 0.25) is 0 Å². The van der Waals surface area contributed by atoms with Crippen molar-refractivity contribution < 1.29 is 18.3 Å². The third-order valence-electron chi connectivity index (χ3n) is 3.84. The van der Waals surface area contributed by atoms with Crippen molar-refractivity contribution in [3.05, 3.63) is 29.8 Å². The van der Waals surface area contributed by atoms with Gasteiger partial charge < -0.3 is 15.8 Å². The van der Waals surface area contributed by atoms with Crippen LogP contribution in [0.5, 0.6) is 5.75 Å². The molecule has 0 spiro atoms. The summed E-state index contributed by atoms with van der Waals surface area (Å²) in [5.41, 5.74) is 5.82. The number of nitrogens with one attached hydrogen (secondary N) is 1. The molecule has 0 radical (unpaired) electrons. The van der Waals surface area contributed by atoms with E-state index >= 15 is 0 Å². The van der Waals surface area contributed by atoms with E-state index in [1.807, 2.05) is 0 Å². The summed E-state index contributed by atoms with van der Waals surface area (Å²) < 4.78 is 31.3. The molecule has 1 aliphatic carbocycles. The number of halogens is 3. The third kappa shape index (κ3) is 6.71. The number of hydrogen-bond donors (Lipinski definition) is 2. The van der Waals surface area contributed by atoms with E-state index in [4.69, 9.17) is 10.5 Å². The quantitative estimate of drug-likeness (QED) is 0.777. The van der Waals surface area contributed by atoms with Gasteiger partial charge in [-0.25, -0.2) is 8.78 Å². The number of hydrogen-bond acceptors (Lipinski definition) is 3. The first-order valence-corrected chi connectivity index (χ1v) is 7.67. The molecule has 1 fully saturated rings. The summed E-state index contributed by atoms with van der Waals surface area (Å²) in [5, 5.41) is 2.98. The van der Waals surface area contributed by atoms with Crippen LogP contribution >= 0.6 is 12.4 Å². The van der Waals surface area contributed by atoms with E-state index in [-0.39, 0.29) is 42.8 Å². The van der Waals surface area contributed by atoms with Crippen molar-refractivity contribution in [2.45, 2.75) is 50.6 Å². The van der Waals surface area contributed by atoms with Crippen LogP contribution in [0.1, 0.15) is 38.5 Å². The number of carbonyl (C=O) groups excluding carboxylic acids is 1. The Kier molecular flexibility index (Phi) is 8.26. The van der Waals surface area contributed by atoms with Crippen molar-refractivity contribution in [3.63, 3.8) is 0 Å². The highest BCUT2D eigenvalue weighted by molar-refractivity contribution is 5.85. The number of nitrogens with two attached hydrogens (primary N) is 1. The molecule has 1 amide bonds. The lowest BCUT2D eigenvalue weighted by atomic mass is 9.92. The van der Waals surface area contributed by atoms with Gasteiger partial charge in [0, 0.05) is 24.6 Å². The van der Waals surface area contributed by atoms with Gasteiger partial charge in [-0.15, -0.1) is 12.4 Å². The predicted molar refractivity (Wildman–Crippen MR) is 86.7 cm³/mol. The number of ether oxygens (including phenoxy) is 1. The Morgan fingerprint density at radius 2 is 1.96 bits per heavy atom. The number of rotatable bonds is 6. The lowest BCUT2D eigenvalue weighted by Gasteiger charge is -2.26. The maximum absolute atomic E-state index is 13.3. The molecule has 1 aromatic rings. The Labute approximate surface area is 141 Å². The summed E-state index contributed by atoms with van der Waals surface area (Å²) in [6, 6.07) is 3.62. The average Bonchev–Trinajstić information content (AvgIpc) is 2.48. The van der Waals surface area contributed by atoms with Gasteiger partial charge in [-0.1, -0.05) is 0 Å². The minimum Gasteiger partial charge on any atom is -0.491 e. The highest BCUT2D eigenvalue weighted by atomic mass is 35.5. The minimum atomic E-state index is -0.733. The van der Waals surface area contributed by atoms with E-state index < -0.39 is 11.6 Å². The van der Waals surface area contributed by atoms with E-state index in [1.165, 1.54) is 6.07 Å². The summed E-state index contributed by atoms with van der Waals surface area (Å²) in [6.07, 6.45) is 4.53. The lowest BCUT2D eigenvalue weighted by molar-refractivity contribution is -0.122. The zero-order valence-corrected chi connectivity index (χ0v) is 13.7. The predicted octanol–water partition coefficient (Wildman–Crippen LogP) is 2.93. The molecular weight excluding hydrogens is 326 g/mol. The Morgan fingerprint density at radius 3 is 2.61 bits per heavy atom. The highest BCUT2D eigenvalue weighted by Gasteiger charge is 2.19. The largest absolute Gasteiger partial charge is 0.491 e. The maximum atomic E-state index is 13.3. The molecule has 0 unspecified atom stereocenters. The van der Waals surface area contributed by atoms with Gasteiger partial charge in [0.1, 0.15) is 5.82 Å². The minimum absolute atomic E-state index is 0. The number of benzene rings is 1. The molecule has 1 aromatic carbocycles. The molecule has 2 rings (SSSR count). The van der Waals surface area contributed by atoms with Crippen molar-refractivity contribution >= 4 is 18.3 Å². The molecule has 0 heterocycles. The monoisotopic (exact) mass is 348 g/mol. The molecule has 7 heteroatoms. The molecule has 0 aliphatic heterocycles. The summed E-state index contributed by atoms with van der Waals surface area (Å²) in [4.78, 5) is 11.8. The number of carbonyl (C=O) groups is 1. The van der Waals surface area contributed by atoms with Crippen molar-refractivity contribution in [2.24, 2.45) is 5.73 Å². The van der Waals surface area contributed by atoms with Crippen LogP contribution in [0, 0.1) is 11.6 Å². The zero-order chi connectivity index (χ0) is 15.9. The molecule has 0 atom stereocenters. The normalized spacial score (nSPS) is 20.5. The average molecular weight is 349 g/mol. The van der Waals surface area contributed by atoms with E-state index in [2.05, 4.69) is 5.32 Å². The highest BCUT2D eigenvalue weighted by Crippen LogP contribution is 2.18. The molecular formula is C16H23ClF2N2O2. The number of amides is 1. The first-order chi connectivity index (χ1) is 10.5. The molecule has 4 nitrogen and oxygen atoms in total. The van der Waals surface area contributed by atoms with Gasteiger partial charge in [-0.3, -0.25) is 4.79 Å². The van der Waals surface area contributed by atoms with E-state index in [1.54, 1.807) is 0 Å². The van der Waals surface area contributed by atoms with Gasteiger partial charge in [-0.2, -0.15) is 0 Å². The van der Waals surface area contributed by atoms with Crippen molar-refractivity contribution in [1.82, 2.24) is 5.32 Å². The summed E-state index contributed by atoms with van der Waals surface area (Å²) in [7, 11) is 0. The first kappa shape index (κ1) is 19.6. The van der Waals surface area contributed by atoms with Crippen LogP contribution in [0.3, 0.4) is 0 Å². The Hall–Kier alpha value is -1.40. The Bertz CT molecular complexity index is 509. The van der Waals surface area contributed by atoms with Crippen molar-refractivity contribution in [1.29, 1.82) is 0 Å². The topological polar surface area (TPSA) is 64.3 Å². The van der Waals surface area contributed by atoms with Gasteiger partial charge in [-0.05, 0) is 44.2 Å². The van der Waals surface area contributed by atoms with Gasteiger partial charge in [0.25, 0.3) is 0 Å². The summed E-state index contributed by atoms with van der Waals surface area (Å²) >= 11 is 0. The molecule has 0 aromatic heterocycles. The molecule has 0 saturated heterocycles. The molecule has 1 saturated carbocycles. The van der Waals surface area contributed by atoms with Crippen LogP contribution in [0.25, 0.3) is 0 Å². The second-order valence-electron chi connectivity index (χ2n) is 5.71. The van der Waals surface area contributed by atoms with Crippen molar-refractivity contribution in [2.75, 3.05) is 6.61 Å². The van der Waals surface area contributed by atoms with E-state index in [0.29, 0.717) is 12.8 Å². The van der Waals surface area contributed by atoms with Gasteiger partial charge >= 0.3 is 0 Å². The molecule has 0 bridgehead atoms.